The van der Waals surface area contributed by atoms with E-state index in [0.29, 0.717) is 10.9 Å². The van der Waals surface area contributed by atoms with Crippen LogP contribution in [-0.2, 0) is 17.6 Å². The van der Waals surface area contributed by atoms with Crippen molar-refractivity contribution >= 4 is 22.4 Å². The molecule has 1 N–H and O–H groups in total. The van der Waals surface area contributed by atoms with Crippen molar-refractivity contribution in [3.63, 3.8) is 0 Å². The molecule has 1 amide bonds. The van der Waals surface area contributed by atoms with Crippen LogP contribution in [0.5, 0.6) is 5.75 Å². The fourth-order valence-corrected chi connectivity index (χ4v) is 2.72. The number of unbranched alkanes of at least 4 members (excludes halogenated alkanes) is 1. The number of aryl methyl sites for hydroxylation is 1. The van der Waals surface area contributed by atoms with Crippen LogP contribution >= 0.6 is 11.3 Å². The molecule has 0 spiro atoms. The molecule has 6 heteroatoms. The van der Waals surface area contributed by atoms with Crippen LogP contribution in [0.1, 0.15) is 30.3 Å². The molecule has 2 aromatic rings. The predicted molar refractivity (Wildman–Crippen MR) is 83.8 cm³/mol. The van der Waals surface area contributed by atoms with Gasteiger partial charge in [-0.3, -0.25) is 4.79 Å². The van der Waals surface area contributed by atoms with Gasteiger partial charge in [-0.05, 0) is 12.5 Å². The van der Waals surface area contributed by atoms with E-state index in [1.54, 1.807) is 7.11 Å². The molecule has 1 heterocycles. The SMILES string of the molecule is CCCCc1nnc(NC(=O)Cc2ccccc2OC)s1. The van der Waals surface area contributed by atoms with Gasteiger partial charge in [-0.15, -0.1) is 10.2 Å². The number of hydrogen-bond acceptors (Lipinski definition) is 5. The van der Waals surface area contributed by atoms with Crippen LogP contribution in [-0.4, -0.2) is 23.2 Å². The topological polar surface area (TPSA) is 64.1 Å². The first-order valence-electron chi connectivity index (χ1n) is 6.97. The molecule has 5 nitrogen and oxygen atoms in total. The Bertz CT molecular complexity index is 598. The van der Waals surface area contributed by atoms with Gasteiger partial charge in [-0.2, -0.15) is 0 Å². The van der Waals surface area contributed by atoms with Crippen molar-refractivity contribution in [3.05, 3.63) is 34.8 Å². The predicted octanol–water partition coefficient (Wildman–Crippen LogP) is 3.07. The standard InChI is InChI=1S/C15H19N3O2S/c1-3-4-9-14-17-18-15(21-14)16-13(19)10-11-7-5-6-8-12(11)20-2/h5-8H,3-4,9-10H2,1-2H3,(H,16,18,19). The molecule has 0 saturated heterocycles. The van der Waals surface area contributed by atoms with Gasteiger partial charge in [0.15, 0.2) is 0 Å². The number of anilines is 1. The second-order valence-corrected chi connectivity index (χ2v) is 5.70. The van der Waals surface area contributed by atoms with Crippen molar-refractivity contribution in [3.8, 4) is 5.75 Å². The van der Waals surface area contributed by atoms with Gasteiger partial charge in [0.05, 0.1) is 13.5 Å². The monoisotopic (exact) mass is 305 g/mol. The Morgan fingerprint density at radius 3 is 2.90 bits per heavy atom. The van der Waals surface area contributed by atoms with Crippen molar-refractivity contribution < 1.29 is 9.53 Å². The molecule has 0 aliphatic heterocycles. The third kappa shape index (κ3) is 4.53. The molecule has 0 bridgehead atoms. The molecule has 0 unspecified atom stereocenters. The number of carbonyl (C=O) groups excluding carboxylic acids is 1. The normalized spacial score (nSPS) is 10.4. The number of nitrogens with one attached hydrogen (secondary N) is 1. The Balaban J connectivity index is 1.93. The van der Waals surface area contributed by atoms with Gasteiger partial charge >= 0.3 is 0 Å². The maximum absolute atomic E-state index is 12.0. The van der Waals surface area contributed by atoms with Crippen LogP contribution in [0.3, 0.4) is 0 Å². The summed E-state index contributed by atoms with van der Waals surface area (Å²) in [4.78, 5) is 12.0. The molecule has 0 aliphatic carbocycles. The van der Waals surface area contributed by atoms with Gasteiger partial charge in [0.1, 0.15) is 10.8 Å². The zero-order chi connectivity index (χ0) is 15.1. The lowest BCUT2D eigenvalue weighted by Gasteiger charge is -2.07. The van der Waals surface area contributed by atoms with Crippen LogP contribution < -0.4 is 10.1 Å². The Hall–Kier alpha value is -1.95. The van der Waals surface area contributed by atoms with E-state index in [4.69, 9.17) is 4.74 Å². The second-order valence-electron chi connectivity index (χ2n) is 4.64. The summed E-state index contributed by atoms with van der Waals surface area (Å²) in [5.74, 6) is 0.603. The molecular formula is C15H19N3O2S. The Kier molecular flexibility index (Phi) is 5.68. The molecule has 112 valence electrons. The number of nitrogens with zero attached hydrogens (tertiary/aromatic N) is 2. The maximum Gasteiger partial charge on any atom is 0.230 e. The third-order valence-electron chi connectivity index (χ3n) is 3.00. The van der Waals surface area contributed by atoms with Crippen LogP contribution in [0.4, 0.5) is 5.13 Å². The summed E-state index contributed by atoms with van der Waals surface area (Å²) >= 11 is 1.44. The molecule has 21 heavy (non-hydrogen) atoms. The zero-order valence-corrected chi connectivity index (χ0v) is 13.1. The van der Waals surface area contributed by atoms with E-state index < -0.39 is 0 Å². The lowest BCUT2D eigenvalue weighted by molar-refractivity contribution is -0.115. The number of rotatable bonds is 7. The zero-order valence-electron chi connectivity index (χ0n) is 12.3. The highest BCUT2D eigenvalue weighted by molar-refractivity contribution is 7.15. The fourth-order valence-electron chi connectivity index (χ4n) is 1.92. The third-order valence-corrected chi connectivity index (χ3v) is 3.90. The van der Waals surface area contributed by atoms with Crippen molar-refractivity contribution in [2.75, 3.05) is 12.4 Å². The number of hydrogen-bond donors (Lipinski definition) is 1. The molecule has 0 saturated carbocycles. The average molecular weight is 305 g/mol. The van der Waals surface area contributed by atoms with E-state index in [1.807, 2.05) is 24.3 Å². The second kappa shape index (κ2) is 7.73. The van der Waals surface area contributed by atoms with Gasteiger partial charge in [0.25, 0.3) is 0 Å². The minimum Gasteiger partial charge on any atom is -0.496 e. The number of carbonyl (C=O) groups is 1. The van der Waals surface area contributed by atoms with E-state index in [9.17, 15) is 4.79 Å². The van der Waals surface area contributed by atoms with Crippen molar-refractivity contribution in [2.45, 2.75) is 32.6 Å². The van der Waals surface area contributed by atoms with Crippen molar-refractivity contribution in [1.82, 2.24) is 10.2 Å². The van der Waals surface area contributed by atoms with Gasteiger partial charge in [-0.1, -0.05) is 42.9 Å². The highest BCUT2D eigenvalue weighted by Crippen LogP contribution is 2.20. The summed E-state index contributed by atoms with van der Waals surface area (Å²) in [6, 6.07) is 7.49. The highest BCUT2D eigenvalue weighted by atomic mass is 32.1. The first-order valence-corrected chi connectivity index (χ1v) is 7.78. The van der Waals surface area contributed by atoms with Crippen LogP contribution in [0, 0.1) is 0 Å². The first kappa shape index (κ1) is 15.4. The fraction of sp³-hybridized carbons (Fsp3) is 0.400. The molecule has 0 aliphatic rings. The van der Waals surface area contributed by atoms with E-state index in [1.165, 1.54) is 11.3 Å². The molecular weight excluding hydrogens is 286 g/mol. The average Bonchev–Trinajstić information content (AvgIpc) is 2.93. The smallest absolute Gasteiger partial charge is 0.230 e. The number of amides is 1. The van der Waals surface area contributed by atoms with Crippen molar-refractivity contribution in [2.24, 2.45) is 0 Å². The first-order chi connectivity index (χ1) is 10.2. The van der Waals surface area contributed by atoms with Gasteiger partial charge in [0, 0.05) is 12.0 Å². The molecule has 2 rings (SSSR count). The lowest BCUT2D eigenvalue weighted by atomic mass is 10.1. The minimum atomic E-state index is -0.113. The number of methoxy groups -OCH3 is 1. The number of benzene rings is 1. The summed E-state index contributed by atoms with van der Waals surface area (Å²) in [6.45, 7) is 2.14. The Morgan fingerprint density at radius 2 is 2.14 bits per heavy atom. The largest absolute Gasteiger partial charge is 0.496 e. The molecule has 1 aromatic heterocycles. The van der Waals surface area contributed by atoms with Gasteiger partial charge in [-0.25, -0.2) is 0 Å². The minimum absolute atomic E-state index is 0.113. The van der Waals surface area contributed by atoms with Gasteiger partial charge in [0.2, 0.25) is 11.0 Å². The highest BCUT2D eigenvalue weighted by Gasteiger charge is 2.11. The summed E-state index contributed by atoms with van der Waals surface area (Å²) < 4.78 is 5.24. The van der Waals surface area contributed by atoms with E-state index in [0.717, 1.165) is 29.8 Å². The lowest BCUT2D eigenvalue weighted by Crippen LogP contribution is -2.14. The summed E-state index contributed by atoms with van der Waals surface area (Å²) in [6.07, 6.45) is 3.38. The summed E-state index contributed by atoms with van der Waals surface area (Å²) in [7, 11) is 1.60. The van der Waals surface area contributed by atoms with E-state index in [2.05, 4.69) is 22.4 Å². The summed E-state index contributed by atoms with van der Waals surface area (Å²) in [5, 5.41) is 12.4. The molecule has 1 aromatic carbocycles. The van der Waals surface area contributed by atoms with Crippen molar-refractivity contribution in [1.29, 1.82) is 0 Å². The molecule has 0 fully saturated rings. The van der Waals surface area contributed by atoms with E-state index >= 15 is 0 Å². The number of aromatic nitrogens is 2. The number of para-hydroxylation sites is 1. The molecule has 0 radical (unpaired) electrons. The van der Waals surface area contributed by atoms with Crippen LogP contribution in [0.2, 0.25) is 0 Å². The van der Waals surface area contributed by atoms with Crippen LogP contribution in [0.25, 0.3) is 0 Å². The quantitative estimate of drug-likeness (QED) is 0.854. The number of ether oxygens (including phenoxy) is 1. The van der Waals surface area contributed by atoms with E-state index in [-0.39, 0.29) is 12.3 Å². The Morgan fingerprint density at radius 1 is 1.33 bits per heavy atom. The maximum atomic E-state index is 12.0. The molecule has 0 atom stereocenters. The summed E-state index contributed by atoms with van der Waals surface area (Å²) in [5.41, 5.74) is 0.855. The van der Waals surface area contributed by atoms with Crippen LogP contribution in [0.15, 0.2) is 24.3 Å². The van der Waals surface area contributed by atoms with Gasteiger partial charge < -0.3 is 10.1 Å². The Labute approximate surface area is 128 Å².